The zero-order chi connectivity index (χ0) is 19.3. The van der Waals surface area contributed by atoms with Crippen LogP contribution in [0.4, 0.5) is 5.69 Å². The van der Waals surface area contributed by atoms with E-state index in [4.69, 9.17) is 0 Å². The Kier molecular flexibility index (Phi) is 3.99. The van der Waals surface area contributed by atoms with Crippen LogP contribution < -0.4 is 10.6 Å². The minimum absolute atomic E-state index is 0.0482. The van der Waals surface area contributed by atoms with Gasteiger partial charge in [-0.15, -0.1) is 4.40 Å². The van der Waals surface area contributed by atoms with Gasteiger partial charge in [0.2, 0.25) is 0 Å². The lowest BCUT2D eigenvalue weighted by Gasteiger charge is -2.17. The second-order valence-corrected chi connectivity index (χ2v) is 9.07. The molecule has 0 spiro atoms. The zero-order valence-corrected chi connectivity index (χ0v) is 15.9. The molecular weight excluding hydrogens is 376 g/mol. The van der Waals surface area contributed by atoms with Crippen molar-refractivity contribution in [2.24, 2.45) is 16.2 Å². The summed E-state index contributed by atoms with van der Waals surface area (Å²) in [6, 6.07) is 13.8. The first kappa shape index (κ1) is 17.4. The molecule has 2 atom stereocenters. The van der Waals surface area contributed by atoms with Crippen molar-refractivity contribution in [1.29, 1.82) is 0 Å². The maximum atomic E-state index is 12.8. The van der Waals surface area contributed by atoms with Crippen LogP contribution in [0.5, 0.6) is 0 Å². The molecule has 2 aromatic rings. The third-order valence-corrected chi connectivity index (χ3v) is 7.04. The van der Waals surface area contributed by atoms with Crippen molar-refractivity contribution < 1.29 is 13.2 Å². The molecule has 2 saturated heterocycles. The van der Waals surface area contributed by atoms with Gasteiger partial charge in [-0.05, 0) is 48.2 Å². The molecule has 0 bridgehead atoms. The van der Waals surface area contributed by atoms with Gasteiger partial charge in [0, 0.05) is 43.0 Å². The van der Waals surface area contributed by atoms with Crippen molar-refractivity contribution in [2.75, 3.05) is 31.5 Å². The smallest absolute Gasteiger partial charge is 0.285 e. The minimum atomic E-state index is -3.66. The topological polar surface area (TPSA) is 90.9 Å². The highest BCUT2D eigenvalue weighted by molar-refractivity contribution is 7.90. The fourth-order valence-corrected chi connectivity index (χ4v) is 5.41. The third-order valence-electron chi connectivity index (χ3n) is 5.70. The highest BCUT2D eigenvalue weighted by Gasteiger charge is 2.38. The second kappa shape index (κ2) is 6.42. The zero-order valence-electron chi connectivity index (χ0n) is 15.1. The monoisotopic (exact) mass is 396 g/mol. The molecule has 0 aromatic heterocycles. The molecule has 3 aliphatic heterocycles. The summed E-state index contributed by atoms with van der Waals surface area (Å²) in [5, 5.41) is 6.44. The van der Waals surface area contributed by atoms with Gasteiger partial charge >= 0.3 is 0 Å². The predicted molar refractivity (Wildman–Crippen MR) is 106 cm³/mol. The van der Waals surface area contributed by atoms with E-state index in [9.17, 15) is 13.2 Å². The molecule has 1 amide bonds. The Bertz CT molecular complexity index is 1070. The van der Waals surface area contributed by atoms with E-state index in [1.54, 1.807) is 48.5 Å². The highest BCUT2D eigenvalue weighted by Crippen LogP contribution is 2.29. The SMILES string of the molecule is O=C(c1ccc(NC2=NS(=O)(=O)c3ccccc32)cc1)N1C[C@H]2CNC[C@H]2C1. The first-order chi connectivity index (χ1) is 13.5. The minimum Gasteiger partial charge on any atom is -0.339 e. The van der Waals surface area contributed by atoms with Crippen LogP contribution in [0, 0.1) is 11.8 Å². The number of hydrogen-bond donors (Lipinski definition) is 2. The van der Waals surface area contributed by atoms with E-state index in [0.29, 0.717) is 34.5 Å². The van der Waals surface area contributed by atoms with Crippen LogP contribution in [0.15, 0.2) is 57.8 Å². The summed E-state index contributed by atoms with van der Waals surface area (Å²) in [6.45, 7) is 3.59. The van der Waals surface area contributed by atoms with Gasteiger partial charge in [0.1, 0.15) is 4.90 Å². The number of carbonyl (C=O) groups is 1. The Balaban J connectivity index is 1.32. The van der Waals surface area contributed by atoms with E-state index in [1.807, 2.05) is 4.90 Å². The van der Waals surface area contributed by atoms with Gasteiger partial charge < -0.3 is 15.5 Å². The standard InChI is InChI=1S/C20H20N4O3S/c25-20(24-11-14-9-21-10-15(14)12-24)13-5-7-16(8-6-13)22-19-17-3-1-2-4-18(17)28(26,27)23-19/h1-8,14-15,21H,9-12H2,(H,22,23)/t14-,15+. The highest BCUT2D eigenvalue weighted by atomic mass is 32.2. The Morgan fingerprint density at radius 3 is 2.43 bits per heavy atom. The van der Waals surface area contributed by atoms with Crippen molar-refractivity contribution >= 4 is 27.5 Å². The Morgan fingerprint density at radius 2 is 1.71 bits per heavy atom. The molecule has 0 radical (unpaired) electrons. The second-order valence-electron chi connectivity index (χ2n) is 7.50. The third kappa shape index (κ3) is 2.89. The van der Waals surface area contributed by atoms with Crippen LogP contribution in [0.1, 0.15) is 15.9 Å². The summed E-state index contributed by atoms with van der Waals surface area (Å²) in [5.41, 5.74) is 1.88. The van der Waals surface area contributed by atoms with Crippen LogP contribution in [0.2, 0.25) is 0 Å². The van der Waals surface area contributed by atoms with E-state index in [-0.39, 0.29) is 10.8 Å². The van der Waals surface area contributed by atoms with E-state index in [0.717, 1.165) is 26.2 Å². The molecule has 0 unspecified atom stereocenters. The van der Waals surface area contributed by atoms with Gasteiger partial charge in [0.15, 0.2) is 5.84 Å². The molecule has 2 N–H and O–H groups in total. The lowest BCUT2D eigenvalue weighted by atomic mass is 10.0. The van der Waals surface area contributed by atoms with Crippen molar-refractivity contribution in [1.82, 2.24) is 10.2 Å². The Labute approximate surface area is 163 Å². The molecule has 2 fully saturated rings. The predicted octanol–water partition coefficient (Wildman–Crippen LogP) is 1.54. The molecule has 3 aliphatic rings. The first-order valence-corrected chi connectivity index (χ1v) is 10.8. The van der Waals surface area contributed by atoms with E-state index >= 15 is 0 Å². The maximum Gasteiger partial charge on any atom is 0.285 e. The van der Waals surface area contributed by atoms with Gasteiger partial charge in [-0.2, -0.15) is 8.42 Å². The summed E-state index contributed by atoms with van der Waals surface area (Å²) in [4.78, 5) is 14.9. The average molecular weight is 396 g/mol. The van der Waals surface area contributed by atoms with E-state index in [2.05, 4.69) is 15.0 Å². The van der Waals surface area contributed by atoms with E-state index < -0.39 is 10.0 Å². The molecule has 28 heavy (non-hydrogen) atoms. The van der Waals surface area contributed by atoms with Crippen molar-refractivity contribution in [3.8, 4) is 0 Å². The maximum absolute atomic E-state index is 12.8. The number of fused-ring (bicyclic) bond motifs is 2. The molecular formula is C20H20N4O3S. The Hall–Kier alpha value is -2.71. The van der Waals surface area contributed by atoms with Gasteiger partial charge in [-0.1, -0.05) is 12.1 Å². The van der Waals surface area contributed by atoms with Crippen LogP contribution in [0.3, 0.4) is 0 Å². The van der Waals surface area contributed by atoms with Gasteiger partial charge in [-0.25, -0.2) is 0 Å². The van der Waals surface area contributed by atoms with Gasteiger partial charge in [-0.3, -0.25) is 4.79 Å². The van der Waals surface area contributed by atoms with Crippen LogP contribution in [-0.2, 0) is 10.0 Å². The van der Waals surface area contributed by atoms with Crippen molar-refractivity contribution in [2.45, 2.75) is 4.90 Å². The van der Waals surface area contributed by atoms with Gasteiger partial charge in [0.25, 0.3) is 15.9 Å². The summed E-state index contributed by atoms with van der Waals surface area (Å²) in [7, 11) is -3.66. The number of amidine groups is 1. The normalized spacial score (nSPS) is 24.6. The van der Waals surface area contributed by atoms with Crippen molar-refractivity contribution in [3.63, 3.8) is 0 Å². The number of amides is 1. The van der Waals surface area contributed by atoms with Crippen molar-refractivity contribution in [3.05, 3.63) is 59.7 Å². The molecule has 8 heteroatoms. The number of sulfonamides is 1. The number of benzene rings is 2. The van der Waals surface area contributed by atoms with Crippen LogP contribution in [-0.4, -0.2) is 51.2 Å². The average Bonchev–Trinajstić information content (AvgIpc) is 3.35. The number of nitrogens with one attached hydrogen (secondary N) is 2. The van der Waals surface area contributed by atoms with Crippen LogP contribution in [0.25, 0.3) is 0 Å². The largest absolute Gasteiger partial charge is 0.339 e. The number of likely N-dealkylation sites (tertiary alicyclic amines) is 1. The Morgan fingerprint density at radius 1 is 1.04 bits per heavy atom. The molecule has 7 nitrogen and oxygen atoms in total. The summed E-state index contributed by atoms with van der Waals surface area (Å²) < 4.78 is 28.1. The lowest BCUT2D eigenvalue weighted by molar-refractivity contribution is 0.0781. The fourth-order valence-electron chi connectivity index (χ4n) is 4.23. The molecule has 5 rings (SSSR count). The first-order valence-electron chi connectivity index (χ1n) is 9.33. The van der Waals surface area contributed by atoms with Crippen LogP contribution >= 0.6 is 0 Å². The lowest BCUT2D eigenvalue weighted by Crippen LogP contribution is -2.31. The number of nitrogens with zero attached hydrogens (tertiary/aromatic N) is 2. The van der Waals surface area contributed by atoms with Gasteiger partial charge in [0.05, 0.1) is 0 Å². The fraction of sp³-hybridized carbons (Fsp3) is 0.300. The number of rotatable bonds is 2. The molecule has 3 heterocycles. The van der Waals surface area contributed by atoms with E-state index in [1.165, 1.54) is 0 Å². The number of hydrogen-bond acceptors (Lipinski definition) is 5. The summed E-state index contributed by atoms with van der Waals surface area (Å²) >= 11 is 0. The molecule has 2 aromatic carbocycles. The number of anilines is 1. The molecule has 0 saturated carbocycles. The molecule has 144 valence electrons. The quantitative estimate of drug-likeness (QED) is 0.804. The summed E-state index contributed by atoms with van der Waals surface area (Å²) in [5.74, 6) is 1.47. The molecule has 0 aliphatic carbocycles. The summed E-state index contributed by atoms with van der Waals surface area (Å²) in [6.07, 6.45) is 0. The number of carbonyl (C=O) groups excluding carboxylic acids is 1.